The molecule has 0 spiro atoms. The molecule has 0 aliphatic carbocycles. The number of halogens is 1. The topological polar surface area (TPSA) is 75.3 Å². The Hall–Kier alpha value is -1.94. The Morgan fingerprint density at radius 3 is 2.57 bits per heavy atom. The summed E-state index contributed by atoms with van der Waals surface area (Å²) >= 11 is 1.70. The molecule has 1 aromatic carbocycles. The molecule has 0 saturated heterocycles. The van der Waals surface area contributed by atoms with E-state index in [-0.39, 0.29) is 24.0 Å². The third kappa shape index (κ3) is 6.59. The van der Waals surface area contributed by atoms with Crippen LogP contribution in [0.1, 0.15) is 30.8 Å². The number of guanidine groups is 1. The van der Waals surface area contributed by atoms with Gasteiger partial charge in [-0.2, -0.15) is 16.3 Å². The second-order valence-electron chi connectivity index (χ2n) is 6.07. The van der Waals surface area contributed by atoms with Crippen molar-refractivity contribution >= 4 is 41.3 Å². The predicted octanol–water partition coefficient (Wildman–Crippen LogP) is 4.28. The van der Waals surface area contributed by atoms with Crippen LogP contribution in [-0.4, -0.2) is 29.2 Å². The van der Waals surface area contributed by atoms with Gasteiger partial charge in [-0.25, -0.2) is 4.99 Å². The minimum atomic E-state index is 0. The van der Waals surface area contributed by atoms with Crippen LogP contribution in [0.15, 0.2) is 50.6 Å². The monoisotopic (exact) mass is 511 g/mol. The Labute approximate surface area is 186 Å². The van der Waals surface area contributed by atoms with Crippen LogP contribution in [0.3, 0.4) is 0 Å². The summed E-state index contributed by atoms with van der Waals surface area (Å²) in [4.78, 5) is 8.99. The van der Waals surface area contributed by atoms with Gasteiger partial charge in [0.1, 0.15) is 0 Å². The molecule has 3 rings (SSSR count). The quantitative estimate of drug-likeness (QED) is 0.268. The predicted molar refractivity (Wildman–Crippen MR) is 125 cm³/mol. The molecule has 0 saturated carbocycles. The summed E-state index contributed by atoms with van der Waals surface area (Å²) in [6.07, 6.45) is 1.68. The maximum absolute atomic E-state index is 5.28. The summed E-state index contributed by atoms with van der Waals surface area (Å²) in [6, 6.07) is 10.4. The van der Waals surface area contributed by atoms with Crippen LogP contribution < -0.4 is 10.6 Å². The highest BCUT2D eigenvalue weighted by molar-refractivity contribution is 14.0. The van der Waals surface area contributed by atoms with Gasteiger partial charge in [0, 0.05) is 25.1 Å². The smallest absolute Gasteiger partial charge is 0.257 e. The van der Waals surface area contributed by atoms with E-state index in [9.17, 15) is 0 Å². The first kappa shape index (κ1) is 22.4. The first-order valence-electron chi connectivity index (χ1n) is 9.23. The van der Waals surface area contributed by atoms with Gasteiger partial charge in [0.15, 0.2) is 11.8 Å². The van der Waals surface area contributed by atoms with Crippen LogP contribution in [0.25, 0.3) is 11.5 Å². The number of aliphatic imine (C=N–C) groups is 1. The van der Waals surface area contributed by atoms with Crippen molar-refractivity contribution < 1.29 is 4.52 Å². The highest BCUT2D eigenvalue weighted by Crippen LogP contribution is 2.18. The van der Waals surface area contributed by atoms with Gasteiger partial charge in [-0.15, -0.1) is 24.0 Å². The number of aryl methyl sites for hydroxylation is 1. The largest absolute Gasteiger partial charge is 0.357 e. The molecule has 0 bridgehead atoms. The number of benzene rings is 1. The van der Waals surface area contributed by atoms with E-state index in [0.29, 0.717) is 12.4 Å². The van der Waals surface area contributed by atoms with E-state index in [2.05, 4.69) is 61.6 Å². The van der Waals surface area contributed by atoms with Crippen LogP contribution in [-0.2, 0) is 19.4 Å². The minimum Gasteiger partial charge on any atom is -0.357 e. The number of rotatable bonds is 8. The van der Waals surface area contributed by atoms with Gasteiger partial charge in [0.2, 0.25) is 0 Å². The minimum absolute atomic E-state index is 0. The highest BCUT2D eigenvalue weighted by Gasteiger charge is 2.07. The SMILES string of the molecule is CCNC(=NCc1ccsc1)NCCc1ccc(-c2nc(CC)no2)cc1.I. The molecule has 150 valence electrons. The van der Waals surface area contributed by atoms with E-state index >= 15 is 0 Å². The van der Waals surface area contributed by atoms with Crippen molar-refractivity contribution in [1.29, 1.82) is 0 Å². The van der Waals surface area contributed by atoms with E-state index in [0.717, 1.165) is 43.3 Å². The average molecular weight is 511 g/mol. The number of nitrogens with one attached hydrogen (secondary N) is 2. The zero-order chi connectivity index (χ0) is 18.9. The fourth-order valence-electron chi connectivity index (χ4n) is 2.55. The summed E-state index contributed by atoms with van der Waals surface area (Å²) in [5.41, 5.74) is 3.43. The Morgan fingerprint density at radius 2 is 1.93 bits per heavy atom. The molecule has 6 nitrogen and oxygen atoms in total. The second-order valence-corrected chi connectivity index (χ2v) is 6.85. The lowest BCUT2D eigenvalue weighted by atomic mass is 10.1. The van der Waals surface area contributed by atoms with Gasteiger partial charge >= 0.3 is 0 Å². The first-order valence-corrected chi connectivity index (χ1v) is 10.2. The van der Waals surface area contributed by atoms with Gasteiger partial charge in [-0.3, -0.25) is 0 Å². The summed E-state index contributed by atoms with van der Waals surface area (Å²) in [6.45, 7) is 6.43. The normalized spacial score (nSPS) is 11.1. The van der Waals surface area contributed by atoms with E-state index in [1.54, 1.807) is 11.3 Å². The molecule has 0 unspecified atom stereocenters. The molecule has 8 heteroatoms. The number of thiophene rings is 1. The van der Waals surface area contributed by atoms with Gasteiger partial charge < -0.3 is 15.2 Å². The maximum Gasteiger partial charge on any atom is 0.257 e. The van der Waals surface area contributed by atoms with E-state index in [1.165, 1.54) is 11.1 Å². The number of nitrogens with zero attached hydrogens (tertiary/aromatic N) is 3. The Balaban J connectivity index is 0.00000280. The van der Waals surface area contributed by atoms with Crippen LogP contribution in [0, 0.1) is 0 Å². The molecule has 0 aliphatic rings. The van der Waals surface area contributed by atoms with E-state index in [4.69, 9.17) is 4.52 Å². The Morgan fingerprint density at radius 1 is 1.11 bits per heavy atom. The molecule has 0 radical (unpaired) electrons. The lowest BCUT2D eigenvalue weighted by molar-refractivity contribution is 0.423. The second kappa shape index (κ2) is 11.8. The molecule has 3 aromatic rings. The molecule has 2 aromatic heterocycles. The zero-order valence-corrected chi connectivity index (χ0v) is 19.3. The fourth-order valence-corrected chi connectivity index (χ4v) is 3.21. The molecule has 28 heavy (non-hydrogen) atoms. The molecule has 0 fully saturated rings. The molecular formula is C20H26IN5OS. The van der Waals surface area contributed by atoms with E-state index in [1.807, 2.05) is 19.1 Å². The number of hydrogen-bond acceptors (Lipinski definition) is 5. The first-order chi connectivity index (χ1) is 13.3. The average Bonchev–Trinajstić information content (AvgIpc) is 3.38. The fraction of sp³-hybridized carbons (Fsp3) is 0.350. The Bertz CT molecular complexity index is 846. The maximum atomic E-state index is 5.28. The molecule has 0 amide bonds. The molecule has 2 heterocycles. The Kier molecular flexibility index (Phi) is 9.42. The third-order valence-electron chi connectivity index (χ3n) is 4.04. The van der Waals surface area contributed by atoms with Gasteiger partial charge in [-0.1, -0.05) is 24.2 Å². The van der Waals surface area contributed by atoms with Crippen molar-refractivity contribution in [1.82, 2.24) is 20.8 Å². The van der Waals surface area contributed by atoms with Crippen LogP contribution in [0.5, 0.6) is 0 Å². The summed E-state index contributed by atoms with van der Waals surface area (Å²) < 4.78 is 5.28. The molecule has 2 N–H and O–H groups in total. The van der Waals surface area contributed by atoms with Crippen molar-refractivity contribution in [2.24, 2.45) is 4.99 Å². The van der Waals surface area contributed by atoms with Crippen molar-refractivity contribution in [3.8, 4) is 11.5 Å². The lowest BCUT2D eigenvalue weighted by Crippen LogP contribution is -2.38. The van der Waals surface area contributed by atoms with Gasteiger partial charge in [0.25, 0.3) is 5.89 Å². The molecular weight excluding hydrogens is 485 g/mol. The van der Waals surface area contributed by atoms with Gasteiger partial charge in [-0.05, 0) is 53.4 Å². The van der Waals surface area contributed by atoms with Crippen molar-refractivity contribution in [2.45, 2.75) is 33.2 Å². The standard InChI is InChI=1S/C20H25N5OS.HI/c1-3-18-24-19(26-25-18)17-7-5-15(6-8-17)9-11-22-20(21-4-2)23-13-16-10-12-27-14-16;/h5-8,10,12,14H,3-4,9,11,13H2,1-2H3,(H2,21,22,23);1H. The zero-order valence-electron chi connectivity index (χ0n) is 16.1. The lowest BCUT2D eigenvalue weighted by Gasteiger charge is -2.11. The van der Waals surface area contributed by atoms with Crippen LogP contribution in [0.4, 0.5) is 0 Å². The summed E-state index contributed by atoms with van der Waals surface area (Å²) in [5.74, 6) is 2.15. The third-order valence-corrected chi connectivity index (χ3v) is 4.77. The van der Waals surface area contributed by atoms with Crippen LogP contribution >= 0.6 is 35.3 Å². The molecule has 0 atom stereocenters. The van der Waals surface area contributed by atoms with Gasteiger partial charge in [0.05, 0.1) is 6.54 Å². The number of hydrogen-bond donors (Lipinski definition) is 2. The molecule has 0 aliphatic heterocycles. The van der Waals surface area contributed by atoms with Crippen molar-refractivity contribution in [3.05, 3.63) is 58.0 Å². The van der Waals surface area contributed by atoms with Crippen molar-refractivity contribution in [3.63, 3.8) is 0 Å². The highest BCUT2D eigenvalue weighted by atomic mass is 127. The number of aromatic nitrogens is 2. The summed E-state index contributed by atoms with van der Waals surface area (Å²) in [5, 5.41) is 14.8. The summed E-state index contributed by atoms with van der Waals surface area (Å²) in [7, 11) is 0. The van der Waals surface area contributed by atoms with Crippen LogP contribution in [0.2, 0.25) is 0 Å². The van der Waals surface area contributed by atoms with Crippen molar-refractivity contribution in [2.75, 3.05) is 13.1 Å². The van der Waals surface area contributed by atoms with E-state index < -0.39 is 0 Å².